The molecule has 4 heteroatoms. The molecule has 1 rings (SSSR count). The van der Waals surface area contributed by atoms with Crippen LogP contribution in [0.25, 0.3) is 6.08 Å². The van der Waals surface area contributed by atoms with Crippen LogP contribution < -0.4 is 0 Å². The molecule has 0 unspecified atom stereocenters. The van der Waals surface area contributed by atoms with Gasteiger partial charge in [-0.15, -0.1) is 0 Å². The van der Waals surface area contributed by atoms with Gasteiger partial charge in [0, 0.05) is 6.08 Å². The molecule has 84 valence electrons. The van der Waals surface area contributed by atoms with Crippen LogP contribution in [-0.4, -0.2) is 23.7 Å². The Labute approximate surface area is 93.2 Å². The summed E-state index contributed by atoms with van der Waals surface area (Å²) in [7, 11) is 0. The third-order valence-corrected chi connectivity index (χ3v) is 1.83. The van der Waals surface area contributed by atoms with Gasteiger partial charge < -0.3 is 9.84 Å². The lowest BCUT2D eigenvalue weighted by molar-refractivity contribution is -0.151. The lowest BCUT2D eigenvalue weighted by Gasteiger charge is -1.97. The number of aliphatic carboxylic acids is 1. The first-order valence-electron chi connectivity index (χ1n) is 4.71. The number of ether oxygens (including phenoxy) is 1. The zero-order chi connectivity index (χ0) is 12.0. The zero-order valence-electron chi connectivity index (χ0n) is 8.84. The number of esters is 1. The highest BCUT2D eigenvalue weighted by molar-refractivity contribution is 5.88. The molecule has 1 aromatic rings. The number of rotatable bonds is 4. The Balaban J connectivity index is 2.50. The summed E-state index contributed by atoms with van der Waals surface area (Å²) in [6, 6.07) is 7.55. The summed E-state index contributed by atoms with van der Waals surface area (Å²) in [6.07, 6.45) is 2.78. The van der Waals surface area contributed by atoms with E-state index in [1.165, 1.54) is 6.08 Å². The normalized spacial score (nSPS) is 10.3. The first-order chi connectivity index (χ1) is 7.58. The largest absolute Gasteiger partial charge is 0.479 e. The summed E-state index contributed by atoms with van der Waals surface area (Å²) in [5.41, 5.74) is 1.99. The fourth-order valence-corrected chi connectivity index (χ4v) is 1.02. The van der Waals surface area contributed by atoms with Crippen molar-refractivity contribution < 1.29 is 19.4 Å². The average molecular weight is 220 g/mol. The molecule has 1 N–H and O–H groups in total. The van der Waals surface area contributed by atoms with Gasteiger partial charge in [-0.1, -0.05) is 29.8 Å². The minimum absolute atomic E-state index is 0.614. The highest BCUT2D eigenvalue weighted by Gasteiger charge is 2.01. The average Bonchev–Trinajstić information content (AvgIpc) is 2.25. The monoisotopic (exact) mass is 220 g/mol. The van der Waals surface area contributed by atoms with Crippen LogP contribution in [0.1, 0.15) is 11.1 Å². The SMILES string of the molecule is Cc1ccc(C=CC(=O)OCC(=O)O)cc1. The fraction of sp³-hybridized carbons (Fsp3) is 0.167. The van der Waals surface area contributed by atoms with Crippen LogP contribution in [0.5, 0.6) is 0 Å². The van der Waals surface area contributed by atoms with E-state index in [2.05, 4.69) is 4.74 Å². The standard InChI is InChI=1S/C12H12O4/c1-9-2-4-10(5-3-9)6-7-12(15)16-8-11(13)14/h2-7H,8H2,1H3,(H,13,14). The molecule has 0 aliphatic carbocycles. The van der Waals surface area contributed by atoms with Gasteiger partial charge in [0.1, 0.15) is 0 Å². The summed E-state index contributed by atoms with van der Waals surface area (Å²) in [6.45, 7) is 1.35. The van der Waals surface area contributed by atoms with Crippen molar-refractivity contribution >= 4 is 18.0 Å². The number of hydrogen-bond acceptors (Lipinski definition) is 3. The third-order valence-electron chi connectivity index (χ3n) is 1.83. The third kappa shape index (κ3) is 4.41. The van der Waals surface area contributed by atoms with Gasteiger partial charge in [0.05, 0.1) is 0 Å². The highest BCUT2D eigenvalue weighted by Crippen LogP contribution is 2.04. The number of benzene rings is 1. The maximum Gasteiger partial charge on any atom is 0.341 e. The van der Waals surface area contributed by atoms with Gasteiger partial charge in [-0.2, -0.15) is 0 Å². The van der Waals surface area contributed by atoms with E-state index in [9.17, 15) is 9.59 Å². The molecule has 0 saturated heterocycles. The molecule has 4 nitrogen and oxygen atoms in total. The maximum atomic E-state index is 11.0. The second kappa shape index (κ2) is 5.70. The molecule has 0 bridgehead atoms. The maximum absolute atomic E-state index is 11.0. The van der Waals surface area contributed by atoms with Crippen LogP contribution in [0.4, 0.5) is 0 Å². The number of carbonyl (C=O) groups is 2. The van der Waals surface area contributed by atoms with Crippen molar-refractivity contribution in [1.82, 2.24) is 0 Å². The van der Waals surface area contributed by atoms with Crippen LogP contribution in [0.3, 0.4) is 0 Å². The van der Waals surface area contributed by atoms with Gasteiger partial charge in [0.15, 0.2) is 6.61 Å². The van der Waals surface area contributed by atoms with Crippen molar-refractivity contribution in [2.24, 2.45) is 0 Å². The van der Waals surface area contributed by atoms with Crippen LogP contribution in [0, 0.1) is 6.92 Å². The molecule has 0 spiro atoms. The van der Waals surface area contributed by atoms with Crippen LogP contribution in [0.15, 0.2) is 30.3 Å². The Bertz CT molecular complexity index is 404. The molecule has 0 aliphatic rings. The molecular weight excluding hydrogens is 208 g/mol. The van der Waals surface area contributed by atoms with E-state index in [-0.39, 0.29) is 0 Å². The molecule has 16 heavy (non-hydrogen) atoms. The van der Waals surface area contributed by atoms with Crippen molar-refractivity contribution in [1.29, 1.82) is 0 Å². The van der Waals surface area contributed by atoms with Gasteiger partial charge in [-0.3, -0.25) is 0 Å². The Morgan fingerprint density at radius 1 is 1.31 bits per heavy atom. The molecule has 0 atom stereocenters. The number of carbonyl (C=O) groups excluding carboxylic acids is 1. The second-order valence-corrected chi connectivity index (χ2v) is 3.25. The summed E-state index contributed by atoms with van der Waals surface area (Å²) in [5, 5.41) is 8.28. The Hall–Kier alpha value is -2.10. The molecule has 0 aromatic heterocycles. The van der Waals surface area contributed by atoms with Crippen molar-refractivity contribution in [2.45, 2.75) is 6.92 Å². The van der Waals surface area contributed by atoms with Crippen molar-refractivity contribution in [3.8, 4) is 0 Å². The predicted molar refractivity (Wildman–Crippen MR) is 58.8 cm³/mol. The van der Waals surface area contributed by atoms with E-state index in [1.54, 1.807) is 6.08 Å². The number of hydrogen-bond donors (Lipinski definition) is 1. The minimum Gasteiger partial charge on any atom is -0.479 e. The fourth-order valence-electron chi connectivity index (χ4n) is 1.02. The first-order valence-corrected chi connectivity index (χ1v) is 4.71. The molecule has 0 fully saturated rings. The molecule has 0 amide bonds. The van der Waals surface area contributed by atoms with Gasteiger partial charge in [-0.25, -0.2) is 9.59 Å². The van der Waals surface area contributed by atoms with Gasteiger partial charge in [0.25, 0.3) is 0 Å². The molecule has 1 aromatic carbocycles. The second-order valence-electron chi connectivity index (χ2n) is 3.25. The van der Waals surface area contributed by atoms with Gasteiger partial charge in [0.2, 0.25) is 0 Å². The van der Waals surface area contributed by atoms with Crippen molar-refractivity contribution in [3.63, 3.8) is 0 Å². The topological polar surface area (TPSA) is 63.6 Å². The van der Waals surface area contributed by atoms with Crippen LogP contribution >= 0.6 is 0 Å². The van der Waals surface area contributed by atoms with Crippen molar-refractivity contribution in [2.75, 3.05) is 6.61 Å². The smallest absolute Gasteiger partial charge is 0.341 e. The summed E-state index contributed by atoms with van der Waals surface area (Å²) in [5.74, 6) is -1.83. The summed E-state index contributed by atoms with van der Waals surface area (Å²) >= 11 is 0. The van der Waals surface area contributed by atoms with E-state index in [0.717, 1.165) is 11.1 Å². The Morgan fingerprint density at radius 3 is 2.50 bits per heavy atom. The molecule has 0 heterocycles. The van der Waals surface area contributed by atoms with E-state index < -0.39 is 18.5 Å². The van der Waals surface area contributed by atoms with Gasteiger partial charge >= 0.3 is 11.9 Å². The predicted octanol–water partition coefficient (Wildman–Crippen LogP) is 1.64. The summed E-state index contributed by atoms with van der Waals surface area (Å²) in [4.78, 5) is 21.1. The van der Waals surface area contributed by atoms with Crippen LogP contribution in [0.2, 0.25) is 0 Å². The zero-order valence-corrected chi connectivity index (χ0v) is 8.84. The minimum atomic E-state index is -1.17. The molecule has 0 saturated carbocycles. The molecule has 0 radical (unpaired) electrons. The lowest BCUT2D eigenvalue weighted by atomic mass is 10.1. The van der Waals surface area contributed by atoms with Gasteiger partial charge in [-0.05, 0) is 18.6 Å². The van der Waals surface area contributed by atoms with E-state index in [4.69, 9.17) is 5.11 Å². The highest BCUT2D eigenvalue weighted by atomic mass is 16.5. The molecule has 0 aliphatic heterocycles. The van der Waals surface area contributed by atoms with Crippen molar-refractivity contribution in [3.05, 3.63) is 41.5 Å². The van der Waals surface area contributed by atoms with Crippen LogP contribution in [-0.2, 0) is 14.3 Å². The lowest BCUT2D eigenvalue weighted by Crippen LogP contribution is -2.10. The van der Waals surface area contributed by atoms with E-state index in [1.807, 2.05) is 31.2 Å². The molecular formula is C12H12O4. The summed E-state index contributed by atoms with van der Waals surface area (Å²) < 4.78 is 4.42. The number of aryl methyl sites for hydroxylation is 1. The quantitative estimate of drug-likeness (QED) is 0.618. The van der Waals surface area contributed by atoms with E-state index >= 15 is 0 Å². The Kier molecular flexibility index (Phi) is 4.27. The number of carboxylic acids is 1. The first kappa shape index (κ1) is 12.0. The number of carboxylic acid groups (broad SMARTS) is 1. The Morgan fingerprint density at radius 2 is 1.94 bits per heavy atom. The van der Waals surface area contributed by atoms with E-state index in [0.29, 0.717) is 0 Å².